The first-order chi connectivity index (χ1) is 10.5. The number of alkyl halides is 3. The number of halogens is 3. The normalized spacial score (nSPS) is 19.4. The largest absolute Gasteiger partial charge is 0.408 e. The van der Waals surface area contributed by atoms with E-state index in [0.717, 1.165) is 4.90 Å². The average molecular weight is 309 g/mol. The summed E-state index contributed by atoms with van der Waals surface area (Å²) >= 11 is 0. The minimum Gasteiger partial charge on any atom is -0.327 e. The van der Waals surface area contributed by atoms with Gasteiger partial charge in [0.05, 0.1) is 11.0 Å². The number of hydrogen-bond acceptors (Lipinski definition) is 3. The second-order valence-electron chi connectivity index (χ2n) is 5.31. The van der Waals surface area contributed by atoms with Gasteiger partial charge in [-0.25, -0.2) is 0 Å². The average Bonchev–Trinajstić information content (AvgIpc) is 2.53. The Kier molecular flexibility index (Phi) is 3.72. The zero-order chi connectivity index (χ0) is 15.7. The van der Waals surface area contributed by atoms with E-state index in [0.29, 0.717) is 23.9 Å². The summed E-state index contributed by atoms with van der Waals surface area (Å²) in [4.78, 5) is 21.6. The minimum absolute atomic E-state index is 0.0391. The van der Waals surface area contributed by atoms with Crippen LogP contribution < -0.4 is 0 Å². The van der Waals surface area contributed by atoms with E-state index in [9.17, 15) is 18.0 Å². The van der Waals surface area contributed by atoms with E-state index in [1.165, 1.54) is 24.5 Å². The molecule has 1 aromatic carbocycles. The van der Waals surface area contributed by atoms with Gasteiger partial charge in [-0.1, -0.05) is 0 Å². The molecule has 1 unspecified atom stereocenters. The molecular formula is C15H14F3N3O. The van der Waals surface area contributed by atoms with E-state index in [-0.39, 0.29) is 18.5 Å². The number of fused-ring (bicyclic) bond motifs is 1. The lowest BCUT2D eigenvalue weighted by molar-refractivity contribution is -0.183. The van der Waals surface area contributed by atoms with Crippen molar-refractivity contribution in [3.8, 4) is 0 Å². The van der Waals surface area contributed by atoms with Crippen LogP contribution >= 0.6 is 0 Å². The monoisotopic (exact) mass is 309 g/mol. The zero-order valence-corrected chi connectivity index (χ0v) is 11.7. The number of piperidine rings is 1. The number of likely N-dealkylation sites (tertiary alicyclic amines) is 1. The molecule has 0 bridgehead atoms. The number of hydrogen-bond donors (Lipinski definition) is 0. The molecule has 1 fully saturated rings. The fourth-order valence-electron chi connectivity index (χ4n) is 2.78. The minimum atomic E-state index is -4.40. The smallest absolute Gasteiger partial charge is 0.327 e. The SMILES string of the molecule is O=C(c1ccc2nccnc2c1)N1CCCCC1C(F)(F)F. The Morgan fingerprint density at radius 1 is 1.14 bits per heavy atom. The third-order valence-corrected chi connectivity index (χ3v) is 3.86. The lowest BCUT2D eigenvalue weighted by atomic mass is 10.00. The van der Waals surface area contributed by atoms with Gasteiger partial charge in [0.2, 0.25) is 0 Å². The number of nitrogens with zero attached hydrogens (tertiary/aromatic N) is 3. The van der Waals surface area contributed by atoms with Crippen LogP contribution in [0.5, 0.6) is 0 Å². The van der Waals surface area contributed by atoms with Crippen molar-refractivity contribution in [3.05, 3.63) is 36.2 Å². The maximum absolute atomic E-state index is 13.1. The molecule has 116 valence electrons. The van der Waals surface area contributed by atoms with Gasteiger partial charge in [-0.2, -0.15) is 13.2 Å². The highest BCUT2D eigenvalue weighted by molar-refractivity contribution is 5.97. The van der Waals surface area contributed by atoms with Crippen molar-refractivity contribution in [2.24, 2.45) is 0 Å². The Labute approximate surface area is 125 Å². The van der Waals surface area contributed by atoms with Crippen molar-refractivity contribution in [2.75, 3.05) is 6.54 Å². The molecule has 2 aromatic rings. The second kappa shape index (κ2) is 5.55. The first kappa shape index (κ1) is 14.7. The van der Waals surface area contributed by atoms with Crippen molar-refractivity contribution in [1.82, 2.24) is 14.9 Å². The highest BCUT2D eigenvalue weighted by atomic mass is 19.4. The van der Waals surface area contributed by atoms with Crippen LogP contribution in [0.2, 0.25) is 0 Å². The lowest BCUT2D eigenvalue weighted by Gasteiger charge is -2.36. The standard InChI is InChI=1S/C15H14F3N3O/c16-15(17,18)13-3-1-2-8-21(13)14(22)10-4-5-11-12(9-10)20-7-6-19-11/h4-7,9,13H,1-3,8H2. The highest BCUT2D eigenvalue weighted by Gasteiger charge is 2.46. The maximum Gasteiger partial charge on any atom is 0.408 e. The highest BCUT2D eigenvalue weighted by Crippen LogP contribution is 2.32. The van der Waals surface area contributed by atoms with Crippen molar-refractivity contribution < 1.29 is 18.0 Å². The summed E-state index contributed by atoms with van der Waals surface area (Å²) < 4.78 is 39.3. The molecule has 0 aliphatic carbocycles. The van der Waals surface area contributed by atoms with Crippen LogP contribution in [-0.4, -0.2) is 39.5 Å². The third kappa shape index (κ3) is 2.75. The van der Waals surface area contributed by atoms with Crippen molar-refractivity contribution >= 4 is 16.9 Å². The molecule has 1 aliphatic heterocycles. The van der Waals surface area contributed by atoms with E-state index in [4.69, 9.17) is 0 Å². The molecule has 1 atom stereocenters. The molecule has 1 saturated heterocycles. The zero-order valence-electron chi connectivity index (χ0n) is 11.7. The molecule has 1 amide bonds. The van der Waals surface area contributed by atoms with Crippen LogP contribution in [0.4, 0.5) is 13.2 Å². The van der Waals surface area contributed by atoms with E-state index in [2.05, 4.69) is 9.97 Å². The predicted octanol–water partition coefficient (Wildman–Crippen LogP) is 3.19. The molecule has 1 aromatic heterocycles. The number of benzene rings is 1. The summed E-state index contributed by atoms with van der Waals surface area (Å²) in [6.07, 6.45) is -0.359. The summed E-state index contributed by atoms with van der Waals surface area (Å²) in [5, 5.41) is 0. The second-order valence-corrected chi connectivity index (χ2v) is 5.31. The number of rotatable bonds is 1. The first-order valence-corrected chi connectivity index (χ1v) is 7.05. The van der Waals surface area contributed by atoms with E-state index in [1.54, 1.807) is 6.07 Å². The summed E-state index contributed by atoms with van der Waals surface area (Å²) in [7, 11) is 0. The fraction of sp³-hybridized carbons (Fsp3) is 0.400. The van der Waals surface area contributed by atoms with E-state index < -0.39 is 18.1 Å². The molecule has 0 radical (unpaired) electrons. The van der Waals surface area contributed by atoms with Crippen LogP contribution in [0.1, 0.15) is 29.6 Å². The maximum atomic E-state index is 13.1. The van der Waals surface area contributed by atoms with Crippen LogP contribution in [0.15, 0.2) is 30.6 Å². The number of aromatic nitrogens is 2. The molecule has 0 N–H and O–H groups in total. The van der Waals surface area contributed by atoms with Gasteiger partial charge in [-0.15, -0.1) is 0 Å². The topological polar surface area (TPSA) is 46.1 Å². The van der Waals surface area contributed by atoms with Crippen LogP contribution in [0.3, 0.4) is 0 Å². The Morgan fingerprint density at radius 3 is 2.59 bits per heavy atom. The van der Waals surface area contributed by atoms with Crippen molar-refractivity contribution in [1.29, 1.82) is 0 Å². The van der Waals surface area contributed by atoms with Crippen LogP contribution in [0.25, 0.3) is 11.0 Å². The Balaban J connectivity index is 1.93. The summed E-state index contributed by atoms with van der Waals surface area (Å²) in [5.41, 5.74) is 1.31. The van der Waals surface area contributed by atoms with E-state index >= 15 is 0 Å². The Morgan fingerprint density at radius 2 is 1.86 bits per heavy atom. The van der Waals surface area contributed by atoms with E-state index in [1.807, 2.05) is 0 Å². The van der Waals surface area contributed by atoms with Gasteiger partial charge in [-0.3, -0.25) is 14.8 Å². The van der Waals surface area contributed by atoms with Crippen LogP contribution in [-0.2, 0) is 0 Å². The predicted molar refractivity (Wildman–Crippen MR) is 74.3 cm³/mol. The molecule has 4 nitrogen and oxygen atoms in total. The first-order valence-electron chi connectivity index (χ1n) is 7.05. The van der Waals surface area contributed by atoms with Gasteiger partial charge >= 0.3 is 6.18 Å². The molecule has 0 spiro atoms. The van der Waals surface area contributed by atoms with Crippen molar-refractivity contribution in [3.63, 3.8) is 0 Å². The van der Waals surface area contributed by atoms with Gasteiger partial charge in [0, 0.05) is 24.5 Å². The molecule has 0 saturated carbocycles. The molecule has 22 heavy (non-hydrogen) atoms. The molecule has 2 heterocycles. The molecule has 1 aliphatic rings. The molecule has 3 rings (SSSR count). The van der Waals surface area contributed by atoms with Gasteiger partial charge in [0.1, 0.15) is 6.04 Å². The fourth-order valence-corrected chi connectivity index (χ4v) is 2.78. The Hall–Kier alpha value is -2.18. The number of carbonyl (C=O) groups excluding carboxylic acids is 1. The molecular weight excluding hydrogens is 295 g/mol. The number of amides is 1. The van der Waals surface area contributed by atoms with Gasteiger partial charge < -0.3 is 4.90 Å². The third-order valence-electron chi connectivity index (χ3n) is 3.86. The molecule has 7 heteroatoms. The van der Waals surface area contributed by atoms with Gasteiger partial charge in [0.15, 0.2) is 0 Å². The summed E-state index contributed by atoms with van der Waals surface area (Å²) in [6, 6.07) is 2.89. The van der Waals surface area contributed by atoms with Crippen LogP contribution in [0, 0.1) is 0 Å². The Bertz CT molecular complexity index is 702. The van der Waals surface area contributed by atoms with Gasteiger partial charge in [0.25, 0.3) is 5.91 Å². The summed E-state index contributed by atoms with van der Waals surface area (Å²) in [6.45, 7) is 0.127. The lowest BCUT2D eigenvalue weighted by Crippen LogP contribution is -2.51. The number of carbonyl (C=O) groups is 1. The van der Waals surface area contributed by atoms with Crippen molar-refractivity contribution in [2.45, 2.75) is 31.5 Å². The quantitative estimate of drug-likeness (QED) is 0.813. The van der Waals surface area contributed by atoms with Gasteiger partial charge in [-0.05, 0) is 37.5 Å². The summed E-state index contributed by atoms with van der Waals surface area (Å²) in [5.74, 6) is -0.602.